The standard InChI is InChI=1S/C21H23NO4/c1-3-22(15-17-7-9-19-20(14-17)26-12-11-25-19)21(23)10-8-16-5-4-6-18(13-16)24-2/h4-10,13-14H,3,11-12,15H2,1-2H3. The van der Waals surface area contributed by atoms with E-state index in [-0.39, 0.29) is 5.91 Å². The van der Waals surface area contributed by atoms with Crippen molar-refractivity contribution in [2.24, 2.45) is 0 Å². The van der Waals surface area contributed by atoms with Gasteiger partial charge in [-0.1, -0.05) is 18.2 Å². The van der Waals surface area contributed by atoms with E-state index in [1.165, 1.54) is 0 Å². The maximum absolute atomic E-state index is 12.5. The third-order valence-electron chi connectivity index (χ3n) is 4.19. The summed E-state index contributed by atoms with van der Waals surface area (Å²) in [5, 5.41) is 0. The van der Waals surface area contributed by atoms with Crippen molar-refractivity contribution in [3.05, 3.63) is 59.7 Å². The van der Waals surface area contributed by atoms with Crippen LogP contribution < -0.4 is 14.2 Å². The van der Waals surface area contributed by atoms with E-state index in [9.17, 15) is 4.79 Å². The molecule has 0 aromatic heterocycles. The first kappa shape index (κ1) is 17.9. The number of carbonyl (C=O) groups is 1. The van der Waals surface area contributed by atoms with Crippen LogP contribution in [0.5, 0.6) is 17.2 Å². The average Bonchev–Trinajstić information content (AvgIpc) is 2.70. The largest absolute Gasteiger partial charge is 0.497 e. The lowest BCUT2D eigenvalue weighted by atomic mass is 10.1. The van der Waals surface area contributed by atoms with Gasteiger partial charge in [-0.3, -0.25) is 4.79 Å². The number of likely N-dealkylation sites (N-methyl/N-ethyl adjacent to an activating group) is 1. The molecule has 3 rings (SSSR count). The Balaban J connectivity index is 1.67. The van der Waals surface area contributed by atoms with Crippen molar-refractivity contribution >= 4 is 12.0 Å². The van der Waals surface area contributed by atoms with Gasteiger partial charge in [0.1, 0.15) is 19.0 Å². The number of ether oxygens (including phenoxy) is 3. The highest BCUT2D eigenvalue weighted by Gasteiger charge is 2.14. The molecule has 0 saturated heterocycles. The number of rotatable bonds is 6. The number of hydrogen-bond donors (Lipinski definition) is 0. The molecule has 1 heterocycles. The highest BCUT2D eigenvalue weighted by Crippen LogP contribution is 2.31. The topological polar surface area (TPSA) is 48.0 Å². The van der Waals surface area contributed by atoms with Crippen molar-refractivity contribution in [1.29, 1.82) is 0 Å². The smallest absolute Gasteiger partial charge is 0.246 e. The van der Waals surface area contributed by atoms with E-state index < -0.39 is 0 Å². The van der Waals surface area contributed by atoms with Crippen LogP contribution in [0.1, 0.15) is 18.1 Å². The molecule has 0 unspecified atom stereocenters. The van der Waals surface area contributed by atoms with E-state index in [1.54, 1.807) is 24.2 Å². The lowest BCUT2D eigenvalue weighted by molar-refractivity contribution is -0.126. The van der Waals surface area contributed by atoms with Crippen molar-refractivity contribution in [3.63, 3.8) is 0 Å². The molecule has 0 saturated carbocycles. The number of nitrogens with zero attached hydrogens (tertiary/aromatic N) is 1. The molecule has 5 heteroatoms. The van der Waals surface area contributed by atoms with Gasteiger partial charge in [0.2, 0.25) is 5.91 Å². The molecule has 0 fully saturated rings. The summed E-state index contributed by atoms with van der Waals surface area (Å²) in [5.41, 5.74) is 1.94. The van der Waals surface area contributed by atoms with Gasteiger partial charge >= 0.3 is 0 Å². The van der Waals surface area contributed by atoms with Gasteiger partial charge in [-0.25, -0.2) is 0 Å². The Kier molecular flexibility index (Phi) is 5.79. The highest BCUT2D eigenvalue weighted by molar-refractivity contribution is 5.91. The van der Waals surface area contributed by atoms with Crippen LogP contribution in [-0.2, 0) is 11.3 Å². The molecule has 0 spiro atoms. The van der Waals surface area contributed by atoms with Crippen molar-refractivity contribution in [2.75, 3.05) is 26.9 Å². The minimum Gasteiger partial charge on any atom is -0.497 e. The first-order valence-electron chi connectivity index (χ1n) is 8.69. The van der Waals surface area contributed by atoms with Crippen LogP contribution in [0.2, 0.25) is 0 Å². The SMILES string of the molecule is CCN(Cc1ccc2c(c1)OCCO2)C(=O)C=Cc1cccc(OC)c1. The molecule has 0 atom stereocenters. The monoisotopic (exact) mass is 353 g/mol. The summed E-state index contributed by atoms with van der Waals surface area (Å²) >= 11 is 0. The minimum atomic E-state index is -0.0368. The molecule has 0 N–H and O–H groups in total. The molecule has 0 radical (unpaired) electrons. The fourth-order valence-electron chi connectivity index (χ4n) is 2.77. The second kappa shape index (κ2) is 8.43. The van der Waals surface area contributed by atoms with E-state index in [4.69, 9.17) is 14.2 Å². The summed E-state index contributed by atoms with van der Waals surface area (Å²) in [7, 11) is 1.63. The summed E-state index contributed by atoms with van der Waals surface area (Å²) in [5.74, 6) is 2.23. The van der Waals surface area contributed by atoms with Gasteiger partial charge in [0.25, 0.3) is 0 Å². The number of carbonyl (C=O) groups excluding carboxylic acids is 1. The third-order valence-corrected chi connectivity index (χ3v) is 4.19. The molecule has 1 amide bonds. The summed E-state index contributed by atoms with van der Waals surface area (Å²) < 4.78 is 16.4. The quantitative estimate of drug-likeness (QED) is 0.746. The maximum atomic E-state index is 12.5. The van der Waals surface area contributed by atoms with Crippen LogP contribution in [0.3, 0.4) is 0 Å². The van der Waals surface area contributed by atoms with Gasteiger partial charge in [0.15, 0.2) is 11.5 Å². The zero-order chi connectivity index (χ0) is 18.4. The van der Waals surface area contributed by atoms with Crippen molar-refractivity contribution < 1.29 is 19.0 Å². The Labute approximate surface area is 153 Å². The summed E-state index contributed by atoms with van der Waals surface area (Å²) in [4.78, 5) is 14.3. The summed E-state index contributed by atoms with van der Waals surface area (Å²) in [6.07, 6.45) is 3.40. The van der Waals surface area contributed by atoms with E-state index in [2.05, 4.69) is 0 Å². The van der Waals surface area contributed by atoms with Gasteiger partial charge in [0.05, 0.1) is 7.11 Å². The molecule has 0 aliphatic carbocycles. The normalized spacial score (nSPS) is 12.8. The predicted molar refractivity (Wildman–Crippen MR) is 101 cm³/mol. The summed E-state index contributed by atoms with van der Waals surface area (Å²) in [6, 6.07) is 13.4. The Hall–Kier alpha value is -2.95. The number of methoxy groups -OCH3 is 1. The molecule has 1 aliphatic rings. The zero-order valence-electron chi connectivity index (χ0n) is 15.1. The summed E-state index contributed by atoms with van der Waals surface area (Å²) in [6.45, 7) is 4.23. The second-order valence-electron chi connectivity index (χ2n) is 5.94. The van der Waals surface area contributed by atoms with Crippen LogP contribution in [0.4, 0.5) is 0 Å². The van der Waals surface area contributed by atoms with Crippen LogP contribution in [-0.4, -0.2) is 37.7 Å². The lowest BCUT2D eigenvalue weighted by Crippen LogP contribution is -2.28. The predicted octanol–water partition coefficient (Wildman–Crippen LogP) is 3.53. The van der Waals surface area contributed by atoms with Gasteiger partial charge in [-0.15, -0.1) is 0 Å². The number of hydrogen-bond acceptors (Lipinski definition) is 4. The Morgan fingerprint density at radius 2 is 1.96 bits per heavy atom. The van der Waals surface area contributed by atoms with Crippen molar-refractivity contribution in [2.45, 2.75) is 13.5 Å². The van der Waals surface area contributed by atoms with E-state index in [1.807, 2.05) is 49.4 Å². The first-order valence-corrected chi connectivity index (χ1v) is 8.69. The van der Waals surface area contributed by atoms with Crippen LogP contribution >= 0.6 is 0 Å². The average molecular weight is 353 g/mol. The van der Waals surface area contributed by atoms with E-state index in [0.717, 1.165) is 28.4 Å². The lowest BCUT2D eigenvalue weighted by Gasteiger charge is -2.22. The van der Waals surface area contributed by atoms with Gasteiger partial charge in [0, 0.05) is 19.2 Å². The number of benzene rings is 2. The number of amides is 1. The van der Waals surface area contributed by atoms with Gasteiger partial charge in [-0.2, -0.15) is 0 Å². The van der Waals surface area contributed by atoms with Crippen molar-refractivity contribution in [3.8, 4) is 17.2 Å². The third kappa shape index (κ3) is 4.36. The molecule has 136 valence electrons. The Morgan fingerprint density at radius 1 is 1.15 bits per heavy atom. The molecule has 2 aromatic carbocycles. The fourth-order valence-corrected chi connectivity index (χ4v) is 2.77. The van der Waals surface area contributed by atoms with E-state index in [0.29, 0.717) is 26.3 Å². The Morgan fingerprint density at radius 3 is 2.73 bits per heavy atom. The first-order chi connectivity index (χ1) is 12.7. The van der Waals surface area contributed by atoms with Crippen LogP contribution in [0, 0.1) is 0 Å². The highest BCUT2D eigenvalue weighted by atomic mass is 16.6. The molecular formula is C21H23NO4. The molecule has 0 bridgehead atoms. The second-order valence-corrected chi connectivity index (χ2v) is 5.94. The van der Waals surface area contributed by atoms with Crippen LogP contribution in [0.15, 0.2) is 48.5 Å². The fraction of sp³-hybridized carbons (Fsp3) is 0.286. The molecule has 2 aromatic rings. The maximum Gasteiger partial charge on any atom is 0.246 e. The molecule has 5 nitrogen and oxygen atoms in total. The van der Waals surface area contributed by atoms with E-state index >= 15 is 0 Å². The zero-order valence-corrected chi connectivity index (χ0v) is 15.1. The minimum absolute atomic E-state index is 0.0368. The molecule has 26 heavy (non-hydrogen) atoms. The molecular weight excluding hydrogens is 330 g/mol. The van der Waals surface area contributed by atoms with Gasteiger partial charge < -0.3 is 19.1 Å². The van der Waals surface area contributed by atoms with Crippen molar-refractivity contribution in [1.82, 2.24) is 4.90 Å². The molecule has 1 aliphatic heterocycles. The van der Waals surface area contributed by atoms with Gasteiger partial charge in [-0.05, 0) is 48.4 Å². The Bertz CT molecular complexity index is 800. The van der Waals surface area contributed by atoms with Crippen LogP contribution in [0.25, 0.3) is 6.08 Å². The number of fused-ring (bicyclic) bond motifs is 1.